The Bertz CT molecular complexity index is 686. The van der Waals surface area contributed by atoms with Gasteiger partial charge in [-0.05, 0) is 42.5 Å². The van der Waals surface area contributed by atoms with Crippen molar-refractivity contribution in [3.05, 3.63) is 65.5 Å². The third-order valence-corrected chi connectivity index (χ3v) is 3.08. The summed E-state index contributed by atoms with van der Waals surface area (Å²) in [7, 11) is 1.55. The zero-order chi connectivity index (χ0) is 16.7. The molecule has 0 aromatic heterocycles. The van der Waals surface area contributed by atoms with Crippen LogP contribution in [0.15, 0.2) is 48.5 Å². The summed E-state index contributed by atoms with van der Waals surface area (Å²) in [6.07, 6.45) is 0. The molecule has 0 spiro atoms. The number of carbonyl (C=O) groups is 2. The van der Waals surface area contributed by atoms with Gasteiger partial charge in [0.15, 0.2) is 0 Å². The lowest BCUT2D eigenvalue weighted by Crippen LogP contribution is -2.27. The fraction of sp³-hybridized carbons (Fsp3) is 0.176. The molecule has 0 fully saturated rings. The van der Waals surface area contributed by atoms with Crippen LogP contribution in [0.1, 0.15) is 20.7 Å². The van der Waals surface area contributed by atoms with E-state index < -0.39 is 5.82 Å². The average Bonchev–Trinajstić information content (AvgIpc) is 2.56. The monoisotopic (exact) mass is 316 g/mol. The highest BCUT2D eigenvalue weighted by atomic mass is 19.1. The van der Waals surface area contributed by atoms with Crippen LogP contribution in [0, 0.1) is 5.82 Å². The molecular weight excluding hydrogens is 299 g/mol. The molecule has 0 aliphatic heterocycles. The third-order valence-electron chi connectivity index (χ3n) is 3.08. The second-order valence-electron chi connectivity index (χ2n) is 4.79. The van der Waals surface area contributed by atoms with Gasteiger partial charge in [0, 0.05) is 30.5 Å². The molecule has 0 saturated carbocycles. The van der Waals surface area contributed by atoms with Gasteiger partial charge in [0.05, 0.1) is 6.61 Å². The summed E-state index contributed by atoms with van der Waals surface area (Å²) in [6.45, 7) is 0.828. The van der Waals surface area contributed by atoms with E-state index >= 15 is 0 Å². The van der Waals surface area contributed by atoms with E-state index in [1.807, 2.05) is 0 Å². The van der Waals surface area contributed by atoms with Crippen molar-refractivity contribution in [1.82, 2.24) is 5.32 Å². The molecule has 0 saturated heterocycles. The number of benzene rings is 2. The second kappa shape index (κ2) is 8.05. The lowest BCUT2D eigenvalue weighted by molar-refractivity contribution is 0.0936. The van der Waals surface area contributed by atoms with Gasteiger partial charge >= 0.3 is 0 Å². The zero-order valence-corrected chi connectivity index (χ0v) is 12.6. The van der Waals surface area contributed by atoms with Gasteiger partial charge in [-0.15, -0.1) is 0 Å². The Hall–Kier alpha value is -2.73. The van der Waals surface area contributed by atoms with Gasteiger partial charge in [-0.25, -0.2) is 4.39 Å². The van der Waals surface area contributed by atoms with Crippen molar-refractivity contribution in [3.63, 3.8) is 0 Å². The normalized spacial score (nSPS) is 10.2. The van der Waals surface area contributed by atoms with Gasteiger partial charge in [0.2, 0.25) is 0 Å². The van der Waals surface area contributed by atoms with Crippen molar-refractivity contribution in [2.45, 2.75) is 0 Å². The van der Waals surface area contributed by atoms with Crippen molar-refractivity contribution < 1.29 is 18.7 Å². The Kier molecular flexibility index (Phi) is 5.82. The molecule has 5 nitrogen and oxygen atoms in total. The Balaban J connectivity index is 2.03. The maximum Gasteiger partial charge on any atom is 0.255 e. The number of nitrogens with one attached hydrogen (secondary N) is 2. The summed E-state index contributed by atoms with van der Waals surface area (Å²) in [5, 5.41) is 5.37. The van der Waals surface area contributed by atoms with E-state index in [-0.39, 0.29) is 11.8 Å². The zero-order valence-electron chi connectivity index (χ0n) is 12.6. The minimum atomic E-state index is -0.406. The number of amides is 2. The first-order valence-electron chi connectivity index (χ1n) is 7.04. The fourth-order valence-corrected chi connectivity index (χ4v) is 1.91. The number of hydrogen-bond donors (Lipinski definition) is 2. The predicted molar refractivity (Wildman–Crippen MR) is 85.0 cm³/mol. The molecule has 0 unspecified atom stereocenters. The lowest BCUT2D eigenvalue weighted by Gasteiger charge is -2.08. The summed E-state index contributed by atoms with van der Waals surface area (Å²) in [6, 6.07) is 11.8. The maximum atomic E-state index is 12.9. The van der Waals surface area contributed by atoms with E-state index in [1.54, 1.807) is 31.4 Å². The van der Waals surface area contributed by atoms with E-state index in [1.165, 1.54) is 24.3 Å². The van der Waals surface area contributed by atoms with Gasteiger partial charge in [0.25, 0.3) is 11.8 Å². The first kappa shape index (κ1) is 16.6. The average molecular weight is 316 g/mol. The second-order valence-corrected chi connectivity index (χ2v) is 4.79. The highest BCUT2D eigenvalue weighted by Gasteiger charge is 2.09. The van der Waals surface area contributed by atoms with E-state index in [0.717, 1.165) is 0 Å². The molecule has 23 heavy (non-hydrogen) atoms. The summed E-state index contributed by atoms with van der Waals surface area (Å²) in [4.78, 5) is 24.0. The molecule has 0 aliphatic rings. The molecule has 0 heterocycles. The Morgan fingerprint density at radius 2 is 1.78 bits per heavy atom. The van der Waals surface area contributed by atoms with E-state index in [0.29, 0.717) is 30.0 Å². The summed E-state index contributed by atoms with van der Waals surface area (Å²) >= 11 is 0. The number of ether oxygens (including phenoxy) is 1. The van der Waals surface area contributed by atoms with Crippen LogP contribution in [-0.2, 0) is 4.74 Å². The highest BCUT2D eigenvalue weighted by molar-refractivity contribution is 6.05. The molecular formula is C17H17FN2O3. The third kappa shape index (κ3) is 4.89. The summed E-state index contributed by atoms with van der Waals surface area (Å²) < 4.78 is 17.7. The number of halogens is 1. The van der Waals surface area contributed by atoms with Gasteiger partial charge in [-0.3, -0.25) is 9.59 Å². The van der Waals surface area contributed by atoms with Crippen molar-refractivity contribution in [2.24, 2.45) is 0 Å². The first-order valence-corrected chi connectivity index (χ1v) is 7.04. The van der Waals surface area contributed by atoms with Gasteiger partial charge in [-0.1, -0.05) is 6.07 Å². The lowest BCUT2D eigenvalue weighted by atomic mass is 10.1. The summed E-state index contributed by atoms with van der Waals surface area (Å²) in [5.41, 5.74) is 1.25. The molecule has 2 amide bonds. The smallest absolute Gasteiger partial charge is 0.255 e. The molecule has 0 bridgehead atoms. The van der Waals surface area contributed by atoms with Crippen LogP contribution < -0.4 is 10.6 Å². The Morgan fingerprint density at radius 1 is 1.04 bits per heavy atom. The van der Waals surface area contributed by atoms with Gasteiger partial charge in [0.1, 0.15) is 5.82 Å². The van der Waals surface area contributed by atoms with Crippen LogP contribution in [0.4, 0.5) is 10.1 Å². The van der Waals surface area contributed by atoms with Crippen molar-refractivity contribution >= 4 is 17.5 Å². The summed E-state index contributed by atoms with van der Waals surface area (Å²) in [5.74, 6) is -1.03. The largest absolute Gasteiger partial charge is 0.383 e. The predicted octanol–water partition coefficient (Wildman–Crippen LogP) is 2.45. The van der Waals surface area contributed by atoms with Gasteiger partial charge < -0.3 is 15.4 Å². The van der Waals surface area contributed by atoms with E-state index in [4.69, 9.17) is 4.74 Å². The SMILES string of the molecule is COCCNC(=O)c1cccc(NC(=O)c2ccc(F)cc2)c1. The Morgan fingerprint density at radius 3 is 2.48 bits per heavy atom. The van der Waals surface area contributed by atoms with E-state index in [9.17, 15) is 14.0 Å². The number of methoxy groups -OCH3 is 1. The standard InChI is InChI=1S/C17H17FN2O3/c1-23-10-9-19-16(21)13-3-2-4-15(11-13)20-17(22)12-5-7-14(18)8-6-12/h2-8,11H,9-10H2,1H3,(H,19,21)(H,20,22). The molecule has 2 N–H and O–H groups in total. The molecule has 6 heteroatoms. The van der Waals surface area contributed by atoms with Crippen LogP contribution in [0.25, 0.3) is 0 Å². The first-order chi connectivity index (χ1) is 11.1. The number of carbonyl (C=O) groups excluding carboxylic acids is 2. The molecule has 120 valence electrons. The molecule has 0 radical (unpaired) electrons. The highest BCUT2D eigenvalue weighted by Crippen LogP contribution is 2.13. The number of hydrogen-bond acceptors (Lipinski definition) is 3. The topological polar surface area (TPSA) is 67.4 Å². The minimum Gasteiger partial charge on any atom is -0.383 e. The quantitative estimate of drug-likeness (QED) is 0.805. The van der Waals surface area contributed by atoms with Crippen molar-refractivity contribution in [1.29, 1.82) is 0 Å². The maximum absolute atomic E-state index is 12.9. The van der Waals surface area contributed by atoms with Crippen LogP contribution in [0.3, 0.4) is 0 Å². The van der Waals surface area contributed by atoms with Crippen LogP contribution in [0.5, 0.6) is 0 Å². The molecule has 2 aromatic carbocycles. The Labute approximate surface area is 133 Å². The van der Waals surface area contributed by atoms with Crippen LogP contribution >= 0.6 is 0 Å². The van der Waals surface area contributed by atoms with Gasteiger partial charge in [-0.2, -0.15) is 0 Å². The molecule has 0 aliphatic carbocycles. The van der Waals surface area contributed by atoms with Crippen molar-refractivity contribution in [3.8, 4) is 0 Å². The van der Waals surface area contributed by atoms with Crippen molar-refractivity contribution in [2.75, 3.05) is 25.6 Å². The van der Waals surface area contributed by atoms with E-state index in [2.05, 4.69) is 10.6 Å². The number of rotatable bonds is 6. The number of anilines is 1. The van der Waals surface area contributed by atoms with Crippen LogP contribution in [0.2, 0.25) is 0 Å². The fourth-order valence-electron chi connectivity index (χ4n) is 1.91. The molecule has 2 rings (SSSR count). The minimum absolute atomic E-state index is 0.250. The van der Waals surface area contributed by atoms with Crippen LogP contribution in [-0.4, -0.2) is 32.1 Å². The molecule has 2 aromatic rings. The molecule has 0 atom stereocenters.